The minimum Gasteiger partial charge on any atom is -0.494 e. The third-order valence-corrected chi connectivity index (χ3v) is 6.88. The van der Waals surface area contributed by atoms with E-state index in [0.29, 0.717) is 6.04 Å². The van der Waals surface area contributed by atoms with Crippen LogP contribution in [0.1, 0.15) is 38.6 Å². The zero-order valence-electron chi connectivity index (χ0n) is 17.1. The van der Waals surface area contributed by atoms with E-state index in [-0.39, 0.29) is 5.41 Å². The van der Waals surface area contributed by atoms with Crippen LogP contribution in [0.15, 0.2) is 12.1 Å². The number of hydrogen-bond acceptors (Lipinski definition) is 5. The minimum absolute atomic E-state index is 0.0383. The molecule has 1 aromatic heterocycles. The number of rotatable bonds is 3. The Bertz CT molecular complexity index is 817. The predicted octanol–water partition coefficient (Wildman–Crippen LogP) is 4.33. The van der Waals surface area contributed by atoms with Gasteiger partial charge in [0.05, 0.1) is 28.0 Å². The number of fused-ring (bicyclic) bond motifs is 1. The number of aromatic nitrogens is 1. The third-order valence-electron chi connectivity index (χ3n) is 5.07. The summed E-state index contributed by atoms with van der Waals surface area (Å²) in [6, 6.07) is 4.76. The van der Waals surface area contributed by atoms with Crippen LogP contribution < -0.4 is 10.1 Å². The number of benzene rings is 1. The molecule has 0 atom stereocenters. The molecule has 0 bridgehead atoms. The fourth-order valence-corrected chi connectivity index (χ4v) is 4.66. The number of anilines is 1. The highest BCUT2D eigenvalue weighted by atomic mass is 32.1. The molecule has 0 saturated carbocycles. The van der Waals surface area contributed by atoms with Crippen molar-refractivity contribution in [3.05, 3.63) is 17.1 Å². The van der Waals surface area contributed by atoms with Crippen molar-refractivity contribution in [2.24, 2.45) is 0 Å². The van der Waals surface area contributed by atoms with Crippen LogP contribution in [0.2, 0.25) is 0 Å². The second kappa shape index (κ2) is 7.89. The van der Waals surface area contributed by atoms with Gasteiger partial charge in [-0.2, -0.15) is 0 Å². The SMILES string of the molecule is COc1cc2nc(C(C)(C)C)sc2cc1NC(=S)N1CCC(N(C)C)CC1. The molecule has 0 aliphatic carbocycles. The van der Waals surface area contributed by atoms with Crippen LogP contribution in [0, 0.1) is 0 Å². The van der Waals surface area contributed by atoms with E-state index in [9.17, 15) is 0 Å². The van der Waals surface area contributed by atoms with Crippen LogP contribution in [0.3, 0.4) is 0 Å². The number of ether oxygens (including phenoxy) is 1. The van der Waals surface area contributed by atoms with Crippen LogP contribution in [0.25, 0.3) is 10.2 Å². The summed E-state index contributed by atoms with van der Waals surface area (Å²) in [6.07, 6.45) is 2.27. The molecule has 1 aromatic carbocycles. The lowest BCUT2D eigenvalue weighted by atomic mass is 9.98. The molecule has 3 rings (SSSR count). The third kappa shape index (κ3) is 4.52. The Kier molecular flexibility index (Phi) is 5.93. The van der Waals surface area contributed by atoms with E-state index < -0.39 is 0 Å². The first-order valence-electron chi connectivity index (χ1n) is 9.40. The summed E-state index contributed by atoms with van der Waals surface area (Å²) in [5.41, 5.74) is 1.93. The van der Waals surface area contributed by atoms with Gasteiger partial charge >= 0.3 is 0 Å². The lowest BCUT2D eigenvalue weighted by Gasteiger charge is -2.36. The second-order valence-corrected chi connectivity index (χ2v) is 9.82. The van der Waals surface area contributed by atoms with Crippen LogP contribution >= 0.6 is 23.6 Å². The van der Waals surface area contributed by atoms with Crippen molar-refractivity contribution in [3.63, 3.8) is 0 Å². The largest absolute Gasteiger partial charge is 0.494 e. The summed E-state index contributed by atoms with van der Waals surface area (Å²) < 4.78 is 6.75. The maximum absolute atomic E-state index is 5.69. The van der Waals surface area contributed by atoms with E-state index >= 15 is 0 Å². The molecule has 1 aliphatic heterocycles. The van der Waals surface area contributed by atoms with Crippen LogP contribution in [-0.2, 0) is 5.41 Å². The second-order valence-electron chi connectivity index (χ2n) is 8.40. The van der Waals surface area contributed by atoms with Gasteiger partial charge in [0.1, 0.15) is 5.75 Å². The summed E-state index contributed by atoms with van der Waals surface area (Å²) >= 11 is 7.42. The number of nitrogens with one attached hydrogen (secondary N) is 1. The average Bonchev–Trinajstić information content (AvgIpc) is 3.04. The monoisotopic (exact) mass is 406 g/mol. The first-order chi connectivity index (χ1) is 12.7. The molecule has 148 valence electrons. The van der Waals surface area contributed by atoms with Gasteiger partial charge in [0.25, 0.3) is 0 Å². The standard InChI is InChI=1S/C20H30N4OS2/c1-20(2,3)18-21-15-11-16(25-6)14(12-17(15)27-18)22-19(26)24-9-7-13(8-10-24)23(4)5/h11-13H,7-10H2,1-6H3,(H,22,26). The van der Waals surface area contributed by atoms with E-state index in [0.717, 1.165) is 57.7 Å². The van der Waals surface area contributed by atoms with Crippen LogP contribution in [0.4, 0.5) is 5.69 Å². The van der Waals surface area contributed by atoms with Gasteiger partial charge in [-0.3, -0.25) is 0 Å². The molecule has 1 saturated heterocycles. The highest BCUT2D eigenvalue weighted by Crippen LogP contribution is 2.37. The number of nitrogens with zero attached hydrogens (tertiary/aromatic N) is 3. The van der Waals surface area contributed by atoms with Gasteiger partial charge in [-0.1, -0.05) is 20.8 Å². The van der Waals surface area contributed by atoms with E-state index in [1.54, 1.807) is 18.4 Å². The lowest BCUT2D eigenvalue weighted by Crippen LogP contribution is -2.45. The summed E-state index contributed by atoms with van der Waals surface area (Å²) in [5, 5.41) is 5.31. The normalized spacial score (nSPS) is 16.2. The Balaban J connectivity index is 1.78. The van der Waals surface area contributed by atoms with Crippen molar-refractivity contribution in [1.29, 1.82) is 0 Å². The highest BCUT2D eigenvalue weighted by Gasteiger charge is 2.23. The Morgan fingerprint density at radius 1 is 1.30 bits per heavy atom. The van der Waals surface area contributed by atoms with Crippen LogP contribution in [-0.4, -0.2) is 60.2 Å². The fourth-order valence-electron chi connectivity index (χ4n) is 3.32. The van der Waals surface area contributed by atoms with Gasteiger partial charge in [-0.05, 0) is 45.2 Å². The van der Waals surface area contributed by atoms with E-state index in [2.05, 4.69) is 56.0 Å². The number of methoxy groups -OCH3 is 1. The molecule has 1 fully saturated rings. The lowest BCUT2D eigenvalue weighted by molar-refractivity contribution is 0.193. The summed E-state index contributed by atoms with van der Waals surface area (Å²) in [6.45, 7) is 8.52. The Morgan fingerprint density at radius 2 is 1.96 bits per heavy atom. The Morgan fingerprint density at radius 3 is 2.52 bits per heavy atom. The van der Waals surface area contributed by atoms with Crippen molar-refractivity contribution in [3.8, 4) is 5.75 Å². The molecular weight excluding hydrogens is 376 g/mol. The molecule has 0 unspecified atom stereocenters. The van der Waals surface area contributed by atoms with E-state index in [1.165, 1.54) is 0 Å². The highest BCUT2D eigenvalue weighted by molar-refractivity contribution is 7.80. The van der Waals surface area contributed by atoms with E-state index in [1.807, 2.05) is 6.07 Å². The molecule has 0 radical (unpaired) electrons. The molecule has 2 aromatic rings. The zero-order chi connectivity index (χ0) is 19.8. The van der Waals surface area contributed by atoms with Gasteiger partial charge in [0, 0.05) is 30.6 Å². The van der Waals surface area contributed by atoms with Crippen molar-refractivity contribution in [1.82, 2.24) is 14.8 Å². The maximum atomic E-state index is 5.69. The molecular formula is C20H30N4OS2. The van der Waals surface area contributed by atoms with Crippen molar-refractivity contribution >= 4 is 44.6 Å². The number of piperidine rings is 1. The molecule has 1 N–H and O–H groups in total. The van der Waals surface area contributed by atoms with Crippen molar-refractivity contribution < 1.29 is 4.74 Å². The predicted molar refractivity (Wildman–Crippen MR) is 119 cm³/mol. The van der Waals surface area contributed by atoms with E-state index in [4.69, 9.17) is 21.9 Å². The van der Waals surface area contributed by atoms with Gasteiger partial charge in [-0.15, -0.1) is 11.3 Å². The maximum Gasteiger partial charge on any atom is 0.173 e. The molecule has 2 heterocycles. The zero-order valence-corrected chi connectivity index (χ0v) is 18.8. The topological polar surface area (TPSA) is 40.6 Å². The van der Waals surface area contributed by atoms with Gasteiger partial charge in [-0.25, -0.2) is 4.98 Å². The van der Waals surface area contributed by atoms with Crippen molar-refractivity contribution in [2.75, 3.05) is 39.6 Å². The smallest absolute Gasteiger partial charge is 0.173 e. The molecule has 1 aliphatic rings. The fraction of sp³-hybridized carbons (Fsp3) is 0.600. The number of likely N-dealkylation sites (tertiary alicyclic amines) is 1. The number of hydrogen-bond donors (Lipinski definition) is 1. The number of thiazole rings is 1. The van der Waals surface area contributed by atoms with Gasteiger partial charge in [0.15, 0.2) is 5.11 Å². The average molecular weight is 407 g/mol. The summed E-state index contributed by atoms with van der Waals surface area (Å²) in [5.74, 6) is 0.777. The summed E-state index contributed by atoms with van der Waals surface area (Å²) in [4.78, 5) is 9.35. The summed E-state index contributed by atoms with van der Waals surface area (Å²) in [7, 11) is 5.99. The molecule has 5 nitrogen and oxygen atoms in total. The first kappa shape index (κ1) is 20.3. The van der Waals surface area contributed by atoms with Crippen molar-refractivity contribution in [2.45, 2.75) is 45.1 Å². The molecule has 7 heteroatoms. The Hall–Kier alpha value is -1.44. The molecule has 0 amide bonds. The molecule has 27 heavy (non-hydrogen) atoms. The molecule has 0 spiro atoms. The first-order valence-corrected chi connectivity index (χ1v) is 10.6. The minimum atomic E-state index is 0.0383. The van der Waals surface area contributed by atoms with Gasteiger partial charge < -0.3 is 19.9 Å². The Labute approximate surface area is 171 Å². The van der Waals surface area contributed by atoms with Gasteiger partial charge in [0.2, 0.25) is 0 Å². The quantitative estimate of drug-likeness (QED) is 0.766. The number of thiocarbonyl (C=S) groups is 1. The van der Waals surface area contributed by atoms with Crippen LogP contribution in [0.5, 0.6) is 5.75 Å².